The van der Waals surface area contributed by atoms with Crippen LogP contribution >= 0.6 is 0 Å². The molecule has 0 radical (unpaired) electrons. The zero-order valence-electron chi connectivity index (χ0n) is 15.2. The van der Waals surface area contributed by atoms with Crippen molar-refractivity contribution in [1.29, 1.82) is 0 Å². The van der Waals surface area contributed by atoms with Crippen molar-refractivity contribution in [3.05, 3.63) is 18.0 Å². The van der Waals surface area contributed by atoms with Crippen LogP contribution in [0.25, 0.3) is 0 Å². The summed E-state index contributed by atoms with van der Waals surface area (Å²) in [6.07, 6.45) is 10.0. The molecule has 1 aliphatic heterocycles. The van der Waals surface area contributed by atoms with Crippen molar-refractivity contribution in [2.24, 2.45) is 5.92 Å². The van der Waals surface area contributed by atoms with Crippen molar-refractivity contribution in [3.63, 3.8) is 0 Å². The smallest absolute Gasteiger partial charge is 0.274 e. The van der Waals surface area contributed by atoms with Crippen LogP contribution in [0.4, 0.5) is 0 Å². The fraction of sp³-hybridized carbons (Fsp3) is 0.737. The summed E-state index contributed by atoms with van der Waals surface area (Å²) in [6.45, 7) is 4.25. The highest BCUT2D eigenvalue weighted by atomic mass is 16.2. The van der Waals surface area contributed by atoms with Gasteiger partial charge in [0.15, 0.2) is 0 Å². The van der Waals surface area contributed by atoms with Gasteiger partial charge < -0.3 is 10.2 Å². The normalized spacial score (nSPS) is 25.6. The molecule has 1 N–H and O–H groups in total. The van der Waals surface area contributed by atoms with Crippen LogP contribution in [0, 0.1) is 5.92 Å². The Balaban J connectivity index is 1.85. The van der Waals surface area contributed by atoms with Gasteiger partial charge in [0.25, 0.3) is 5.91 Å². The standard InChI is InChI=1S/C19H30N4O2/c1-2-22-14-11-16(21-22)19(25)23-13-8-4-3-7-12-20-18(24)15-9-5-6-10-17(15)23/h11,14-15,17H,2-10,12-13H2,1H3,(H,20,24). The van der Waals surface area contributed by atoms with Gasteiger partial charge in [0.1, 0.15) is 5.69 Å². The molecule has 1 saturated carbocycles. The molecule has 0 spiro atoms. The van der Waals surface area contributed by atoms with Crippen LogP contribution < -0.4 is 5.32 Å². The largest absolute Gasteiger partial charge is 0.356 e. The van der Waals surface area contributed by atoms with E-state index >= 15 is 0 Å². The summed E-state index contributed by atoms with van der Waals surface area (Å²) in [5.41, 5.74) is 0.501. The second-order valence-electron chi connectivity index (χ2n) is 7.22. The number of aryl methyl sites for hydroxylation is 1. The van der Waals surface area contributed by atoms with Gasteiger partial charge >= 0.3 is 0 Å². The molecule has 0 bridgehead atoms. The summed E-state index contributed by atoms with van der Waals surface area (Å²) in [5, 5.41) is 7.50. The van der Waals surface area contributed by atoms with Crippen molar-refractivity contribution < 1.29 is 9.59 Å². The maximum Gasteiger partial charge on any atom is 0.274 e. The van der Waals surface area contributed by atoms with Gasteiger partial charge in [-0.3, -0.25) is 14.3 Å². The fourth-order valence-corrected chi connectivity index (χ4v) is 4.11. The maximum atomic E-state index is 13.2. The third-order valence-corrected chi connectivity index (χ3v) is 5.54. The van der Waals surface area contributed by atoms with Crippen molar-refractivity contribution in [2.75, 3.05) is 13.1 Å². The molecule has 1 saturated heterocycles. The number of carbonyl (C=O) groups excluding carboxylic acids is 2. The molecule has 3 rings (SSSR count). The lowest BCUT2D eigenvalue weighted by Crippen LogP contribution is -2.51. The Morgan fingerprint density at radius 3 is 2.80 bits per heavy atom. The summed E-state index contributed by atoms with van der Waals surface area (Å²) in [4.78, 5) is 27.8. The molecule has 2 fully saturated rings. The highest BCUT2D eigenvalue weighted by Gasteiger charge is 2.37. The molecule has 1 aliphatic carbocycles. The van der Waals surface area contributed by atoms with Crippen LogP contribution in [0.15, 0.2) is 12.3 Å². The number of nitrogens with zero attached hydrogens (tertiary/aromatic N) is 3. The first kappa shape index (κ1) is 18.0. The zero-order valence-corrected chi connectivity index (χ0v) is 15.2. The van der Waals surface area contributed by atoms with Gasteiger partial charge in [0.2, 0.25) is 5.91 Å². The number of hydrogen-bond acceptors (Lipinski definition) is 3. The van der Waals surface area contributed by atoms with Gasteiger partial charge in [-0.2, -0.15) is 5.10 Å². The fourth-order valence-electron chi connectivity index (χ4n) is 4.11. The van der Waals surface area contributed by atoms with E-state index in [9.17, 15) is 9.59 Å². The average molecular weight is 346 g/mol. The number of rotatable bonds is 2. The third kappa shape index (κ3) is 4.22. The zero-order chi connectivity index (χ0) is 17.6. The highest BCUT2D eigenvalue weighted by molar-refractivity contribution is 5.93. The number of amides is 2. The lowest BCUT2D eigenvalue weighted by atomic mass is 9.82. The Labute approximate surface area is 149 Å². The molecule has 2 aliphatic rings. The molecule has 2 amide bonds. The minimum Gasteiger partial charge on any atom is -0.356 e. The minimum atomic E-state index is -0.0796. The first-order chi connectivity index (χ1) is 12.2. The summed E-state index contributed by atoms with van der Waals surface area (Å²) in [7, 11) is 0. The van der Waals surface area contributed by atoms with Crippen molar-refractivity contribution >= 4 is 11.8 Å². The van der Waals surface area contributed by atoms with E-state index in [-0.39, 0.29) is 23.8 Å². The van der Waals surface area contributed by atoms with E-state index in [2.05, 4.69) is 10.4 Å². The molecule has 2 heterocycles. The van der Waals surface area contributed by atoms with Crippen LogP contribution in [0.5, 0.6) is 0 Å². The van der Waals surface area contributed by atoms with Gasteiger partial charge in [-0.15, -0.1) is 0 Å². The Kier molecular flexibility index (Phi) is 6.10. The highest BCUT2D eigenvalue weighted by Crippen LogP contribution is 2.30. The van der Waals surface area contributed by atoms with Crippen molar-refractivity contribution in [2.45, 2.75) is 70.9 Å². The molecule has 2 unspecified atom stereocenters. The molecular weight excluding hydrogens is 316 g/mol. The van der Waals surface area contributed by atoms with E-state index in [1.807, 2.05) is 18.0 Å². The van der Waals surface area contributed by atoms with E-state index in [1.54, 1.807) is 10.7 Å². The number of hydrogen-bond donors (Lipinski definition) is 1. The minimum absolute atomic E-state index is 0.00567. The Hall–Kier alpha value is -1.85. The maximum absolute atomic E-state index is 13.2. The van der Waals surface area contributed by atoms with Gasteiger partial charge in [-0.05, 0) is 38.7 Å². The van der Waals surface area contributed by atoms with E-state index in [0.29, 0.717) is 5.69 Å². The van der Waals surface area contributed by atoms with Crippen LogP contribution in [0.3, 0.4) is 0 Å². The second-order valence-corrected chi connectivity index (χ2v) is 7.22. The molecule has 1 aromatic heterocycles. The molecular formula is C19H30N4O2. The summed E-state index contributed by atoms with van der Waals surface area (Å²) in [5.74, 6) is 0.0312. The van der Waals surface area contributed by atoms with Crippen molar-refractivity contribution in [3.8, 4) is 0 Å². The molecule has 0 aromatic carbocycles. The molecule has 2 atom stereocenters. The first-order valence-electron chi connectivity index (χ1n) is 9.83. The summed E-state index contributed by atoms with van der Waals surface area (Å²) in [6, 6.07) is 1.81. The number of nitrogens with one attached hydrogen (secondary N) is 1. The summed E-state index contributed by atoms with van der Waals surface area (Å²) >= 11 is 0. The Morgan fingerprint density at radius 1 is 1.20 bits per heavy atom. The Bertz CT molecular complexity index is 598. The van der Waals surface area contributed by atoms with Gasteiger partial charge in [0, 0.05) is 31.9 Å². The van der Waals surface area contributed by atoms with Crippen LogP contribution in [-0.2, 0) is 11.3 Å². The number of carbonyl (C=O) groups is 2. The molecule has 6 heteroatoms. The first-order valence-corrected chi connectivity index (χ1v) is 9.83. The second kappa shape index (κ2) is 8.50. The quantitative estimate of drug-likeness (QED) is 0.895. The van der Waals surface area contributed by atoms with E-state index in [1.165, 1.54) is 0 Å². The molecule has 25 heavy (non-hydrogen) atoms. The number of fused-ring (bicyclic) bond motifs is 1. The number of aromatic nitrogens is 2. The average Bonchev–Trinajstić information content (AvgIpc) is 3.11. The van der Waals surface area contributed by atoms with Crippen LogP contribution in [0.1, 0.15) is 68.8 Å². The Morgan fingerprint density at radius 2 is 2.00 bits per heavy atom. The monoisotopic (exact) mass is 346 g/mol. The predicted molar refractivity (Wildman–Crippen MR) is 96.2 cm³/mol. The van der Waals surface area contributed by atoms with Crippen LogP contribution in [0.2, 0.25) is 0 Å². The molecule has 6 nitrogen and oxygen atoms in total. The topological polar surface area (TPSA) is 67.2 Å². The van der Waals surface area contributed by atoms with E-state index in [4.69, 9.17) is 0 Å². The SMILES string of the molecule is CCn1ccc(C(=O)N2CCCCCCNC(=O)C3CCCCC32)n1. The summed E-state index contributed by atoms with van der Waals surface area (Å²) < 4.78 is 1.78. The van der Waals surface area contributed by atoms with Gasteiger partial charge in [0.05, 0.1) is 5.92 Å². The van der Waals surface area contributed by atoms with Crippen LogP contribution in [-0.4, -0.2) is 45.6 Å². The van der Waals surface area contributed by atoms with Gasteiger partial charge in [-0.25, -0.2) is 0 Å². The third-order valence-electron chi connectivity index (χ3n) is 5.54. The predicted octanol–water partition coefficient (Wildman–Crippen LogP) is 2.59. The molecule has 1 aromatic rings. The lowest BCUT2D eigenvalue weighted by Gasteiger charge is -2.39. The van der Waals surface area contributed by atoms with E-state index < -0.39 is 0 Å². The molecule has 138 valence electrons. The van der Waals surface area contributed by atoms with Crippen molar-refractivity contribution in [1.82, 2.24) is 20.0 Å². The lowest BCUT2D eigenvalue weighted by molar-refractivity contribution is -0.128. The van der Waals surface area contributed by atoms with Gasteiger partial charge in [-0.1, -0.05) is 25.7 Å². The van der Waals surface area contributed by atoms with E-state index in [0.717, 1.165) is 71.0 Å².